The zero-order valence-corrected chi connectivity index (χ0v) is 13.5. The van der Waals surface area contributed by atoms with Crippen LogP contribution in [0.25, 0.3) is 0 Å². The molecule has 0 bridgehead atoms. The molecule has 0 N–H and O–H groups in total. The summed E-state index contributed by atoms with van der Waals surface area (Å²) in [6, 6.07) is 6.89. The van der Waals surface area contributed by atoms with Gasteiger partial charge in [-0.15, -0.1) is 0 Å². The maximum absolute atomic E-state index is 4.45. The number of aromatic nitrogens is 2. The molecule has 6 heteroatoms. The van der Waals surface area contributed by atoms with E-state index in [0.29, 0.717) is 0 Å². The molecule has 2 fully saturated rings. The van der Waals surface area contributed by atoms with Crippen molar-refractivity contribution in [1.29, 1.82) is 0 Å². The first kappa shape index (κ1) is 14.1. The van der Waals surface area contributed by atoms with Crippen LogP contribution < -0.4 is 4.90 Å². The SMILES string of the molecule is c1ccc(N2CCN(C3CN(Cc4cnsc4)C3)CC2)nc1. The Balaban J connectivity index is 1.24. The van der Waals surface area contributed by atoms with E-state index in [1.807, 2.05) is 18.5 Å². The van der Waals surface area contributed by atoms with Crippen LogP contribution >= 0.6 is 11.5 Å². The van der Waals surface area contributed by atoms with E-state index >= 15 is 0 Å². The molecule has 0 aliphatic carbocycles. The van der Waals surface area contributed by atoms with Gasteiger partial charge in [0.05, 0.1) is 0 Å². The first-order chi connectivity index (χ1) is 10.9. The standard InChI is InChI=1S/C16H21N5S/c1-2-4-17-16(3-1)21-7-5-20(6-8-21)15-11-19(12-15)10-14-9-18-22-13-14/h1-4,9,13,15H,5-8,10-12H2. The highest BCUT2D eigenvalue weighted by Crippen LogP contribution is 2.21. The molecule has 2 aliphatic heterocycles. The Morgan fingerprint density at radius 1 is 1.14 bits per heavy atom. The maximum Gasteiger partial charge on any atom is 0.128 e. The third kappa shape index (κ3) is 2.99. The molecule has 0 saturated carbocycles. The van der Waals surface area contributed by atoms with Crippen molar-refractivity contribution in [1.82, 2.24) is 19.2 Å². The molecule has 116 valence electrons. The quantitative estimate of drug-likeness (QED) is 0.855. The van der Waals surface area contributed by atoms with Gasteiger partial charge in [0.15, 0.2) is 0 Å². The fourth-order valence-electron chi connectivity index (χ4n) is 3.32. The van der Waals surface area contributed by atoms with Gasteiger partial charge in [-0.3, -0.25) is 9.80 Å². The summed E-state index contributed by atoms with van der Waals surface area (Å²) in [5.41, 5.74) is 1.35. The molecule has 22 heavy (non-hydrogen) atoms. The minimum atomic E-state index is 0.734. The molecule has 2 aliphatic rings. The van der Waals surface area contributed by atoms with Gasteiger partial charge < -0.3 is 4.90 Å². The van der Waals surface area contributed by atoms with Crippen molar-refractivity contribution in [2.75, 3.05) is 44.2 Å². The van der Waals surface area contributed by atoms with E-state index < -0.39 is 0 Å². The number of hydrogen-bond donors (Lipinski definition) is 0. The van der Waals surface area contributed by atoms with Crippen LogP contribution in [0.1, 0.15) is 5.56 Å². The third-order valence-electron chi connectivity index (χ3n) is 4.63. The highest BCUT2D eigenvalue weighted by Gasteiger charge is 2.33. The van der Waals surface area contributed by atoms with Crippen LogP contribution in [0.15, 0.2) is 36.0 Å². The monoisotopic (exact) mass is 315 g/mol. The van der Waals surface area contributed by atoms with Gasteiger partial charge in [0, 0.05) is 69.6 Å². The van der Waals surface area contributed by atoms with Crippen molar-refractivity contribution < 1.29 is 0 Å². The number of anilines is 1. The molecule has 5 nitrogen and oxygen atoms in total. The summed E-state index contributed by atoms with van der Waals surface area (Å²) in [5.74, 6) is 1.11. The second kappa shape index (κ2) is 6.32. The number of nitrogens with zero attached hydrogens (tertiary/aromatic N) is 5. The van der Waals surface area contributed by atoms with E-state index in [1.54, 1.807) is 11.5 Å². The molecular formula is C16H21N5S. The molecular weight excluding hydrogens is 294 g/mol. The zero-order valence-electron chi connectivity index (χ0n) is 12.6. The minimum Gasteiger partial charge on any atom is -0.354 e. The van der Waals surface area contributed by atoms with Crippen molar-refractivity contribution in [3.8, 4) is 0 Å². The topological polar surface area (TPSA) is 35.5 Å². The second-order valence-corrected chi connectivity index (χ2v) is 6.75. The number of likely N-dealkylation sites (tertiary alicyclic amines) is 1. The summed E-state index contributed by atoms with van der Waals surface area (Å²) in [5, 5.41) is 2.15. The van der Waals surface area contributed by atoms with Crippen molar-refractivity contribution in [3.05, 3.63) is 41.5 Å². The number of hydrogen-bond acceptors (Lipinski definition) is 6. The first-order valence-electron chi connectivity index (χ1n) is 7.89. The fraction of sp³-hybridized carbons (Fsp3) is 0.500. The fourth-order valence-corrected chi connectivity index (χ4v) is 3.85. The van der Waals surface area contributed by atoms with E-state index in [9.17, 15) is 0 Å². The molecule has 2 aromatic rings. The molecule has 0 amide bonds. The number of pyridine rings is 1. The molecule has 4 heterocycles. The number of piperazine rings is 1. The lowest BCUT2D eigenvalue weighted by Gasteiger charge is -2.48. The van der Waals surface area contributed by atoms with Crippen LogP contribution in [0.2, 0.25) is 0 Å². The summed E-state index contributed by atoms with van der Waals surface area (Å²) in [6.07, 6.45) is 3.87. The predicted octanol–water partition coefficient (Wildman–Crippen LogP) is 1.54. The maximum atomic E-state index is 4.45. The highest BCUT2D eigenvalue weighted by molar-refractivity contribution is 7.03. The van der Waals surface area contributed by atoms with Crippen LogP contribution in [0, 0.1) is 0 Å². The Morgan fingerprint density at radius 2 is 2.00 bits per heavy atom. The minimum absolute atomic E-state index is 0.734. The Hall–Kier alpha value is -1.50. The van der Waals surface area contributed by atoms with Gasteiger partial charge >= 0.3 is 0 Å². The van der Waals surface area contributed by atoms with Gasteiger partial charge in [-0.05, 0) is 29.2 Å². The van der Waals surface area contributed by atoms with E-state index in [1.165, 1.54) is 18.7 Å². The van der Waals surface area contributed by atoms with E-state index in [0.717, 1.165) is 44.6 Å². The number of rotatable bonds is 4. The predicted molar refractivity (Wildman–Crippen MR) is 89.2 cm³/mol. The largest absolute Gasteiger partial charge is 0.354 e. The lowest BCUT2D eigenvalue weighted by molar-refractivity contribution is 0.0256. The van der Waals surface area contributed by atoms with Crippen LogP contribution in [0.3, 0.4) is 0 Å². The molecule has 0 atom stereocenters. The van der Waals surface area contributed by atoms with Gasteiger partial charge in [0.1, 0.15) is 5.82 Å². The van der Waals surface area contributed by atoms with Gasteiger partial charge in [-0.1, -0.05) is 6.07 Å². The van der Waals surface area contributed by atoms with Gasteiger partial charge in [-0.25, -0.2) is 9.36 Å². The summed E-state index contributed by atoms with van der Waals surface area (Å²) in [4.78, 5) is 12.0. The summed E-state index contributed by atoms with van der Waals surface area (Å²) >= 11 is 1.54. The lowest BCUT2D eigenvalue weighted by atomic mass is 10.1. The average molecular weight is 315 g/mol. The molecule has 4 rings (SSSR count). The van der Waals surface area contributed by atoms with Crippen molar-refractivity contribution in [3.63, 3.8) is 0 Å². The lowest BCUT2D eigenvalue weighted by Crippen LogP contribution is -2.62. The summed E-state index contributed by atoms with van der Waals surface area (Å²) < 4.78 is 4.17. The first-order valence-corrected chi connectivity index (χ1v) is 8.73. The van der Waals surface area contributed by atoms with Gasteiger partial charge in [0.25, 0.3) is 0 Å². The molecule has 0 radical (unpaired) electrons. The average Bonchev–Trinajstić information content (AvgIpc) is 3.05. The Labute approximate surface area is 135 Å². The molecule has 0 unspecified atom stereocenters. The van der Waals surface area contributed by atoms with Gasteiger partial charge in [0.2, 0.25) is 0 Å². The summed E-state index contributed by atoms with van der Waals surface area (Å²) in [6.45, 7) is 7.91. The molecule has 2 aromatic heterocycles. The highest BCUT2D eigenvalue weighted by atomic mass is 32.1. The normalized spacial score (nSPS) is 21.0. The van der Waals surface area contributed by atoms with Crippen molar-refractivity contribution >= 4 is 17.4 Å². The second-order valence-electron chi connectivity index (χ2n) is 6.09. The zero-order chi connectivity index (χ0) is 14.8. The molecule has 0 aromatic carbocycles. The molecule has 2 saturated heterocycles. The third-order valence-corrected chi connectivity index (χ3v) is 5.27. The van der Waals surface area contributed by atoms with Crippen LogP contribution in [-0.4, -0.2) is 64.5 Å². The van der Waals surface area contributed by atoms with E-state index in [-0.39, 0.29) is 0 Å². The van der Waals surface area contributed by atoms with Crippen LogP contribution in [0.5, 0.6) is 0 Å². The Morgan fingerprint density at radius 3 is 2.68 bits per heavy atom. The molecule has 0 spiro atoms. The van der Waals surface area contributed by atoms with Crippen molar-refractivity contribution in [2.24, 2.45) is 0 Å². The summed E-state index contributed by atoms with van der Waals surface area (Å²) in [7, 11) is 0. The Kier molecular flexibility index (Phi) is 4.05. The van der Waals surface area contributed by atoms with Crippen molar-refractivity contribution in [2.45, 2.75) is 12.6 Å². The van der Waals surface area contributed by atoms with Crippen LogP contribution in [-0.2, 0) is 6.54 Å². The van der Waals surface area contributed by atoms with Crippen LogP contribution in [0.4, 0.5) is 5.82 Å². The van der Waals surface area contributed by atoms with E-state index in [4.69, 9.17) is 0 Å². The smallest absolute Gasteiger partial charge is 0.128 e. The van der Waals surface area contributed by atoms with Gasteiger partial charge in [-0.2, -0.15) is 0 Å². The van der Waals surface area contributed by atoms with E-state index in [2.05, 4.69) is 41.6 Å². The Bertz CT molecular complexity index is 574.